The van der Waals surface area contributed by atoms with Crippen LogP contribution in [-0.2, 0) is 52.3 Å². The number of nitrogens with two attached hydrogens (primary N) is 1. The molecule has 0 aromatic rings. The van der Waals surface area contributed by atoms with Gasteiger partial charge in [-0.25, -0.2) is 10.6 Å². The number of carbonyl (C=O) groups is 3. The summed E-state index contributed by atoms with van der Waals surface area (Å²) in [5.41, 5.74) is -2.48. The molecule has 3 aliphatic heterocycles. The third kappa shape index (κ3) is 14.5. The molecule has 0 aromatic heterocycles. The number of amides is 1. The van der Waals surface area contributed by atoms with Crippen molar-refractivity contribution in [1.29, 1.82) is 0 Å². The van der Waals surface area contributed by atoms with Crippen LogP contribution in [0.3, 0.4) is 0 Å². The number of nitrogens with one attached hydrogen (secondary N) is 1. The topological polar surface area (TPSA) is 249 Å². The van der Waals surface area contributed by atoms with Gasteiger partial charge in [0.2, 0.25) is 0 Å². The van der Waals surface area contributed by atoms with Crippen LogP contribution >= 0.6 is 0 Å². The molecule has 0 spiro atoms. The molecule has 1 amide bonds. The van der Waals surface area contributed by atoms with Crippen molar-refractivity contribution in [3.05, 3.63) is 0 Å². The number of hydrogen-bond acceptors (Lipinski definition) is 18. The number of rotatable bonds is 14. The Morgan fingerprint density at radius 3 is 2.18 bits per heavy atom. The Labute approximate surface area is 405 Å². The third-order valence-electron chi connectivity index (χ3n) is 15.2. The lowest BCUT2D eigenvalue weighted by atomic mass is 9.73. The van der Waals surface area contributed by atoms with E-state index in [1.807, 2.05) is 38.3 Å². The van der Waals surface area contributed by atoms with Crippen molar-refractivity contribution >= 4 is 23.7 Å². The van der Waals surface area contributed by atoms with Gasteiger partial charge in [0.25, 0.3) is 0 Å². The summed E-state index contributed by atoms with van der Waals surface area (Å²) < 4.78 is 50.4. The average Bonchev–Trinajstić information content (AvgIpc) is 3.27. The predicted octanol–water partition coefficient (Wildman–Crippen LogP) is 5.13. The van der Waals surface area contributed by atoms with E-state index in [4.69, 9.17) is 48.6 Å². The zero-order valence-electron chi connectivity index (χ0n) is 43.4. The number of nitrogens with zero attached hydrogens (tertiary/aromatic N) is 2. The first-order valence-electron chi connectivity index (χ1n) is 25.0. The largest absolute Gasteiger partial charge is 0.459 e. The number of aliphatic hydroxyl groups is 3. The fraction of sp³-hybridized carbons (Fsp3) is 0.918. The fourth-order valence-electron chi connectivity index (χ4n) is 11.3. The number of cyclic esters (lactones) is 1. The van der Waals surface area contributed by atoms with Gasteiger partial charge in [-0.1, -0.05) is 65.0 Å². The lowest BCUT2D eigenvalue weighted by Gasteiger charge is -2.49. The molecular weight excluding hydrogens is 885 g/mol. The number of ether oxygens (including phenoxy) is 8. The zero-order valence-corrected chi connectivity index (χ0v) is 43.4. The van der Waals surface area contributed by atoms with Gasteiger partial charge < -0.3 is 63.0 Å². The van der Waals surface area contributed by atoms with Crippen LogP contribution in [-0.4, -0.2) is 156 Å². The number of esters is 2. The molecule has 1 unspecified atom stereocenters. The maximum Gasteiger partial charge on any atom is 0.421 e. The maximum atomic E-state index is 14.6. The number of aliphatic hydroxyl groups excluding tert-OH is 1. The molecule has 394 valence electrons. The van der Waals surface area contributed by atoms with E-state index >= 15 is 0 Å². The molecule has 1 saturated carbocycles. The molecule has 4 aliphatic rings. The second-order valence-corrected chi connectivity index (χ2v) is 21.2. The van der Waals surface area contributed by atoms with Gasteiger partial charge in [-0.05, 0) is 93.7 Å². The van der Waals surface area contributed by atoms with E-state index < -0.39 is 126 Å². The quantitative estimate of drug-likeness (QED) is 0.0378. The van der Waals surface area contributed by atoms with Crippen LogP contribution in [0.15, 0.2) is 5.16 Å². The molecule has 68 heavy (non-hydrogen) atoms. The van der Waals surface area contributed by atoms with Crippen LogP contribution in [0.25, 0.3) is 0 Å². The average molecular weight is 973 g/mol. The van der Waals surface area contributed by atoms with Crippen molar-refractivity contribution in [3.8, 4) is 0 Å². The van der Waals surface area contributed by atoms with E-state index in [2.05, 4.69) is 5.16 Å². The van der Waals surface area contributed by atoms with Crippen molar-refractivity contribution in [2.45, 2.75) is 231 Å². The Morgan fingerprint density at radius 2 is 1.59 bits per heavy atom. The van der Waals surface area contributed by atoms with Gasteiger partial charge in [0, 0.05) is 38.2 Å². The summed E-state index contributed by atoms with van der Waals surface area (Å²) in [6.07, 6.45) is -2.73. The summed E-state index contributed by atoms with van der Waals surface area (Å²) in [4.78, 5) is 47.6. The summed E-state index contributed by atoms with van der Waals surface area (Å²) >= 11 is 0. The van der Waals surface area contributed by atoms with E-state index in [1.54, 1.807) is 48.5 Å². The van der Waals surface area contributed by atoms with Crippen LogP contribution in [0.5, 0.6) is 0 Å². The van der Waals surface area contributed by atoms with Gasteiger partial charge >= 0.3 is 18.0 Å². The second-order valence-electron chi connectivity index (χ2n) is 21.2. The maximum absolute atomic E-state index is 14.6. The van der Waals surface area contributed by atoms with E-state index in [1.165, 1.54) is 53.1 Å². The van der Waals surface area contributed by atoms with Crippen molar-refractivity contribution in [2.24, 2.45) is 40.6 Å². The van der Waals surface area contributed by atoms with Crippen LogP contribution in [0.2, 0.25) is 0 Å². The smallest absolute Gasteiger partial charge is 0.421 e. The van der Waals surface area contributed by atoms with E-state index in [0.29, 0.717) is 24.7 Å². The summed E-state index contributed by atoms with van der Waals surface area (Å²) in [6, 6.07) is -0.413. The highest BCUT2D eigenvalue weighted by molar-refractivity contribution is 5.88. The molecule has 18 atom stereocenters. The SMILES string of the molecule is CC[C@H]1OC(=O)[C@H](C)[C@@H](O[C@H]2C[C@@](C)(OC)[C@@H](OC(C)=O)[C@H](C)O2)[C@H](C)[C@@H](O[C@@H]2O[C@H](C)C[C@H](N(C)C)[C@H]2OC(=O)NN)C(C)(O)C[C@@H](C)/C(=N\OCCCC2CCCCC2)[C@H](C)[C@@H](O)[C@]1(C)O. The summed E-state index contributed by atoms with van der Waals surface area (Å²) in [5, 5.41) is 42.1. The van der Waals surface area contributed by atoms with Crippen molar-refractivity contribution in [2.75, 3.05) is 27.8 Å². The standard InChI is InChI=1S/C49H88N4O15/c1-15-36-49(11,59)41(55)29(4)38(52-61-23-19-22-34-20-17-16-18-21-34)27(2)25-47(9,58)42(68-45-40(67-46(57)51-50)35(53(12)13)24-28(3)62-45)30(5)39(31(6)44(56)65-36)66-37-26-48(10,60-14)43(32(7)63-37)64-33(8)54/h27-32,34-37,39-43,45,55,58-59H,15-26,50H2,1-14H3,(H,51,57)/b52-38+/t27-,28-,29+,30+,31-,32+,35+,36-,37+,39+,40-,41-,42-,43+,45+,47?,48-,49-/m1/s1. The minimum atomic E-state index is -1.97. The summed E-state index contributed by atoms with van der Waals surface area (Å²) in [6.45, 7) is 18.8. The number of hydrogen-bond donors (Lipinski definition) is 5. The molecular formula is C49H88N4O15. The van der Waals surface area contributed by atoms with Crippen LogP contribution in [0, 0.1) is 29.6 Å². The Morgan fingerprint density at radius 1 is 0.926 bits per heavy atom. The van der Waals surface area contributed by atoms with Gasteiger partial charge in [-0.3, -0.25) is 15.0 Å². The number of oxime groups is 1. The summed E-state index contributed by atoms with van der Waals surface area (Å²) in [5.74, 6) is 1.39. The first kappa shape index (κ1) is 57.9. The van der Waals surface area contributed by atoms with E-state index in [-0.39, 0.29) is 19.3 Å². The second kappa shape index (κ2) is 25.1. The van der Waals surface area contributed by atoms with Crippen molar-refractivity contribution in [3.63, 3.8) is 0 Å². The number of carbonyl (C=O) groups excluding carboxylic acids is 3. The van der Waals surface area contributed by atoms with Gasteiger partial charge in [0.1, 0.15) is 23.9 Å². The molecule has 3 heterocycles. The normalized spacial score (nSPS) is 42.2. The molecule has 4 fully saturated rings. The van der Waals surface area contributed by atoms with E-state index in [9.17, 15) is 29.7 Å². The van der Waals surface area contributed by atoms with Gasteiger partial charge in [0.05, 0.1) is 53.8 Å². The molecule has 4 rings (SSSR count). The lowest BCUT2D eigenvalue weighted by Crippen LogP contribution is -2.62. The van der Waals surface area contributed by atoms with Crippen LogP contribution in [0.4, 0.5) is 4.79 Å². The van der Waals surface area contributed by atoms with Gasteiger partial charge in [-0.15, -0.1) is 0 Å². The predicted molar refractivity (Wildman–Crippen MR) is 252 cm³/mol. The molecule has 0 radical (unpaired) electrons. The molecule has 0 aromatic carbocycles. The number of methoxy groups -OCH3 is 1. The number of likely N-dealkylation sites (N-methyl/N-ethyl adjacent to an activating group) is 1. The van der Waals surface area contributed by atoms with Gasteiger partial charge in [-0.2, -0.15) is 0 Å². The summed E-state index contributed by atoms with van der Waals surface area (Å²) in [7, 11) is 5.19. The molecule has 19 heteroatoms. The van der Waals surface area contributed by atoms with Gasteiger partial charge in [0.15, 0.2) is 24.8 Å². The molecule has 6 N–H and O–H groups in total. The Hall–Kier alpha value is -2.72. The first-order chi connectivity index (χ1) is 31.8. The highest BCUT2D eigenvalue weighted by Gasteiger charge is 2.54. The molecule has 19 nitrogen and oxygen atoms in total. The minimum absolute atomic E-state index is 0.0365. The first-order valence-corrected chi connectivity index (χ1v) is 25.0. The molecule has 3 saturated heterocycles. The zero-order chi connectivity index (χ0) is 50.9. The monoisotopic (exact) mass is 973 g/mol. The Kier molecular flexibility index (Phi) is 21.3. The molecule has 0 bridgehead atoms. The van der Waals surface area contributed by atoms with Crippen molar-refractivity contribution < 1.29 is 72.4 Å². The van der Waals surface area contributed by atoms with Crippen LogP contribution < -0.4 is 11.3 Å². The van der Waals surface area contributed by atoms with E-state index in [0.717, 1.165) is 12.8 Å². The highest BCUT2D eigenvalue weighted by Crippen LogP contribution is 2.42. The van der Waals surface area contributed by atoms with Crippen LogP contribution in [0.1, 0.15) is 147 Å². The molecule has 1 aliphatic carbocycles. The fourth-order valence-corrected chi connectivity index (χ4v) is 11.3. The van der Waals surface area contributed by atoms with Crippen molar-refractivity contribution in [1.82, 2.24) is 10.3 Å². The lowest BCUT2D eigenvalue weighted by molar-refractivity contribution is -0.318. The number of hydrazine groups is 1. The highest BCUT2D eigenvalue weighted by atomic mass is 16.7. The Bertz CT molecular complexity index is 1650. The minimum Gasteiger partial charge on any atom is -0.459 e. The Balaban J connectivity index is 1.87. The third-order valence-corrected chi connectivity index (χ3v) is 15.2.